The van der Waals surface area contributed by atoms with E-state index < -0.39 is 12.1 Å². The Morgan fingerprint density at radius 1 is 1.00 bits per heavy atom. The van der Waals surface area contributed by atoms with Crippen molar-refractivity contribution in [2.24, 2.45) is 5.92 Å². The predicted octanol–water partition coefficient (Wildman–Crippen LogP) is 5.65. The molecular weight excluding hydrogens is 287 g/mol. The summed E-state index contributed by atoms with van der Waals surface area (Å²) in [4.78, 5) is 0. The molecule has 0 spiro atoms. The first-order valence-electron chi connectivity index (χ1n) is 7.79. The van der Waals surface area contributed by atoms with Gasteiger partial charge in [-0.25, -0.2) is 4.39 Å². The fraction of sp³-hybridized carbons (Fsp3) is 0.333. The van der Waals surface area contributed by atoms with E-state index in [0.717, 1.165) is 12.0 Å². The van der Waals surface area contributed by atoms with Crippen molar-refractivity contribution in [2.45, 2.75) is 32.9 Å². The number of alkyl halides is 1. The average Bonchev–Trinajstić information content (AvgIpc) is 2.56. The second-order valence-corrected chi connectivity index (χ2v) is 5.55. The molecule has 0 aromatic heterocycles. The normalized spacial score (nSPS) is 13.9. The van der Waals surface area contributed by atoms with E-state index in [0.29, 0.717) is 28.7 Å². The highest BCUT2D eigenvalue weighted by Crippen LogP contribution is 2.29. The van der Waals surface area contributed by atoms with Gasteiger partial charge in [0.1, 0.15) is 6.17 Å². The molecule has 2 atom stereocenters. The van der Waals surface area contributed by atoms with Crippen LogP contribution in [0.4, 0.5) is 4.39 Å². The van der Waals surface area contributed by atoms with E-state index in [4.69, 9.17) is 5.11 Å². The SMILES string of the molecule is C=C(/C=C\C(=C)C(=C)C(F)C(C)C(=C)C(=C)/C=C\CCO)CC. The zero-order valence-corrected chi connectivity index (χ0v) is 14.4. The topological polar surface area (TPSA) is 20.2 Å². The lowest BCUT2D eigenvalue weighted by atomic mass is 9.86. The third kappa shape index (κ3) is 7.25. The monoisotopic (exact) mass is 316 g/mol. The van der Waals surface area contributed by atoms with Crippen LogP contribution in [0.5, 0.6) is 0 Å². The van der Waals surface area contributed by atoms with E-state index >= 15 is 0 Å². The first kappa shape index (κ1) is 21.1. The van der Waals surface area contributed by atoms with Crippen LogP contribution in [-0.4, -0.2) is 17.9 Å². The van der Waals surface area contributed by atoms with Crippen molar-refractivity contribution in [2.75, 3.05) is 6.61 Å². The Labute approximate surface area is 140 Å². The van der Waals surface area contributed by atoms with Crippen molar-refractivity contribution >= 4 is 0 Å². The molecular formula is C21H29FO. The first-order valence-corrected chi connectivity index (χ1v) is 7.79. The summed E-state index contributed by atoms with van der Waals surface area (Å²) in [7, 11) is 0. The summed E-state index contributed by atoms with van der Waals surface area (Å²) in [6.45, 7) is 23.2. The molecule has 0 saturated carbocycles. The number of aliphatic hydroxyl groups is 1. The van der Waals surface area contributed by atoms with Gasteiger partial charge < -0.3 is 5.11 Å². The molecule has 2 heteroatoms. The van der Waals surface area contributed by atoms with Gasteiger partial charge in [-0.15, -0.1) is 0 Å². The Morgan fingerprint density at radius 2 is 1.57 bits per heavy atom. The Hall–Kier alpha value is -1.93. The molecule has 1 N–H and O–H groups in total. The highest BCUT2D eigenvalue weighted by atomic mass is 19.1. The maximum atomic E-state index is 14.7. The Bertz CT molecular complexity index is 534. The molecule has 2 unspecified atom stereocenters. The second-order valence-electron chi connectivity index (χ2n) is 5.55. The van der Waals surface area contributed by atoms with Crippen LogP contribution in [0.25, 0.3) is 0 Å². The van der Waals surface area contributed by atoms with Crippen LogP contribution >= 0.6 is 0 Å². The van der Waals surface area contributed by atoms with Gasteiger partial charge in [0.25, 0.3) is 0 Å². The molecule has 0 amide bonds. The van der Waals surface area contributed by atoms with Crippen LogP contribution in [0.15, 0.2) is 85.1 Å². The maximum absolute atomic E-state index is 14.7. The molecule has 1 nitrogen and oxygen atoms in total. The standard InChI is InChI=1S/C21H29FO/c1-8-15(2)12-13-17(4)19(6)21(22)20(7)18(5)16(3)11-9-10-14-23/h9,11-13,20-21,23H,2-6,8,10,14H2,1,7H3/b11-9-,13-12-. The van der Waals surface area contributed by atoms with Crippen LogP contribution in [0.2, 0.25) is 0 Å². The molecule has 0 radical (unpaired) electrons. The number of halogens is 1. The molecule has 0 rings (SSSR count). The van der Waals surface area contributed by atoms with Crippen molar-refractivity contribution in [3.8, 4) is 0 Å². The van der Waals surface area contributed by atoms with Gasteiger partial charge in [-0.05, 0) is 35.1 Å². The summed E-state index contributed by atoms with van der Waals surface area (Å²) in [6.07, 6.45) is 7.21. The van der Waals surface area contributed by atoms with Gasteiger partial charge in [-0.3, -0.25) is 0 Å². The lowest BCUT2D eigenvalue weighted by molar-refractivity contribution is 0.302. The molecule has 23 heavy (non-hydrogen) atoms. The van der Waals surface area contributed by atoms with Gasteiger partial charge in [0.15, 0.2) is 0 Å². The lowest BCUT2D eigenvalue weighted by Crippen LogP contribution is -2.18. The Kier molecular flexibility index (Phi) is 9.84. The minimum atomic E-state index is -1.28. The van der Waals surface area contributed by atoms with Crippen molar-refractivity contribution in [1.82, 2.24) is 0 Å². The van der Waals surface area contributed by atoms with E-state index in [2.05, 4.69) is 32.9 Å². The van der Waals surface area contributed by atoms with E-state index in [-0.39, 0.29) is 6.61 Å². The Morgan fingerprint density at radius 3 is 2.09 bits per heavy atom. The van der Waals surface area contributed by atoms with Gasteiger partial charge in [0, 0.05) is 12.5 Å². The van der Waals surface area contributed by atoms with E-state index in [9.17, 15) is 4.39 Å². The van der Waals surface area contributed by atoms with Crippen molar-refractivity contribution < 1.29 is 9.50 Å². The van der Waals surface area contributed by atoms with Gasteiger partial charge in [-0.1, -0.05) is 76.6 Å². The number of rotatable bonds is 11. The van der Waals surface area contributed by atoms with Crippen LogP contribution < -0.4 is 0 Å². The molecule has 0 heterocycles. The quantitative estimate of drug-likeness (QED) is 0.489. The molecule has 0 aliphatic heterocycles. The fourth-order valence-electron chi connectivity index (χ4n) is 1.80. The second kappa shape index (κ2) is 10.7. The van der Waals surface area contributed by atoms with Gasteiger partial charge in [-0.2, -0.15) is 0 Å². The summed E-state index contributed by atoms with van der Waals surface area (Å²) in [5.41, 5.74) is 3.11. The zero-order valence-electron chi connectivity index (χ0n) is 14.4. The summed E-state index contributed by atoms with van der Waals surface area (Å²) in [6, 6.07) is 0. The maximum Gasteiger partial charge on any atom is 0.132 e. The molecule has 0 aliphatic carbocycles. The van der Waals surface area contributed by atoms with Crippen molar-refractivity contribution in [3.05, 3.63) is 85.1 Å². The third-order valence-corrected chi connectivity index (χ3v) is 3.74. The van der Waals surface area contributed by atoms with Gasteiger partial charge >= 0.3 is 0 Å². The molecule has 126 valence electrons. The van der Waals surface area contributed by atoms with Crippen molar-refractivity contribution in [1.29, 1.82) is 0 Å². The van der Waals surface area contributed by atoms with Crippen LogP contribution in [0.3, 0.4) is 0 Å². The minimum absolute atomic E-state index is 0.0730. The highest BCUT2D eigenvalue weighted by molar-refractivity contribution is 5.44. The third-order valence-electron chi connectivity index (χ3n) is 3.74. The zero-order chi connectivity index (χ0) is 18.0. The smallest absolute Gasteiger partial charge is 0.132 e. The fourth-order valence-corrected chi connectivity index (χ4v) is 1.80. The lowest BCUT2D eigenvalue weighted by Gasteiger charge is -2.22. The number of aliphatic hydroxyl groups excluding tert-OH is 1. The predicted molar refractivity (Wildman–Crippen MR) is 100 cm³/mol. The number of hydrogen-bond acceptors (Lipinski definition) is 1. The summed E-state index contributed by atoms with van der Waals surface area (Å²) >= 11 is 0. The summed E-state index contributed by atoms with van der Waals surface area (Å²) in [5, 5.41) is 8.76. The van der Waals surface area contributed by atoms with Crippen molar-refractivity contribution in [3.63, 3.8) is 0 Å². The highest BCUT2D eigenvalue weighted by Gasteiger charge is 2.23. The van der Waals surface area contributed by atoms with Crippen LogP contribution in [-0.2, 0) is 0 Å². The summed E-state index contributed by atoms with van der Waals surface area (Å²) < 4.78 is 14.7. The average molecular weight is 316 g/mol. The van der Waals surface area contributed by atoms with Crippen LogP contribution in [0, 0.1) is 5.92 Å². The number of hydrogen-bond donors (Lipinski definition) is 1. The number of allylic oxidation sites excluding steroid dienone is 8. The molecule has 0 bridgehead atoms. The van der Waals surface area contributed by atoms with E-state index in [1.165, 1.54) is 0 Å². The van der Waals surface area contributed by atoms with E-state index in [1.54, 1.807) is 25.2 Å². The summed E-state index contributed by atoms with van der Waals surface area (Å²) in [5.74, 6) is -0.451. The molecule has 0 aromatic carbocycles. The molecule has 0 aromatic rings. The Balaban J connectivity index is 4.83. The largest absolute Gasteiger partial charge is 0.396 e. The minimum Gasteiger partial charge on any atom is -0.396 e. The first-order chi connectivity index (χ1) is 10.8. The molecule has 0 fully saturated rings. The van der Waals surface area contributed by atoms with Crippen LogP contribution in [0.1, 0.15) is 26.7 Å². The van der Waals surface area contributed by atoms with Gasteiger partial charge in [0.05, 0.1) is 0 Å². The molecule has 0 saturated heterocycles. The van der Waals surface area contributed by atoms with Gasteiger partial charge in [0.2, 0.25) is 0 Å². The van der Waals surface area contributed by atoms with E-state index in [1.807, 2.05) is 13.0 Å². The molecule has 0 aliphatic rings.